The van der Waals surface area contributed by atoms with E-state index in [1.165, 1.54) is 28.6 Å². The molecule has 3 rings (SSSR count). The number of benzene rings is 1. The number of hydrogen-bond donors (Lipinski definition) is 2. The third kappa shape index (κ3) is 2.18. The van der Waals surface area contributed by atoms with E-state index in [0.717, 1.165) is 19.0 Å². The first kappa shape index (κ1) is 9.67. The molecule has 0 bridgehead atoms. The second kappa shape index (κ2) is 3.80. The Kier molecular flexibility index (Phi) is 2.45. The highest BCUT2D eigenvalue weighted by atomic mass is 79.9. The van der Waals surface area contributed by atoms with E-state index >= 15 is 0 Å². The van der Waals surface area contributed by atoms with Crippen LogP contribution in [-0.2, 0) is 6.42 Å². The monoisotopic (exact) mass is 266 g/mol. The van der Waals surface area contributed by atoms with Crippen molar-refractivity contribution in [1.82, 2.24) is 5.32 Å². The molecular weight excluding hydrogens is 252 g/mol. The lowest BCUT2D eigenvalue weighted by molar-refractivity contribution is 0.514. The van der Waals surface area contributed by atoms with Gasteiger partial charge in [0.1, 0.15) is 0 Å². The highest BCUT2D eigenvalue weighted by Gasteiger charge is 2.26. The molecule has 0 radical (unpaired) electrons. The Balaban J connectivity index is 1.75. The summed E-state index contributed by atoms with van der Waals surface area (Å²) in [5, 5.41) is 7.17. The van der Waals surface area contributed by atoms with Gasteiger partial charge in [-0.05, 0) is 43.0 Å². The highest BCUT2D eigenvalue weighted by Crippen LogP contribution is 2.27. The van der Waals surface area contributed by atoms with Crippen LogP contribution in [0.15, 0.2) is 22.7 Å². The first-order valence-electron chi connectivity index (χ1n) is 5.59. The van der Waals surface area contributed by atoms with Crippen LogP contribution in [0.5, 0.6) is 0 Å². The molecule has 0 aromatic heterocycles. The molecule has 1 fully saturated rings. The normalized spacial score (nSPS) is 24.5. The summed E-state index contributed by atoms with van der Waals surface area (Å²) in [5.41, 5.74) is 2.72. The van der Waals surface area contributed by atoms with Gasteiger partial charge < -0.3 is 10.6 Å². The van der Waals surface area contributed by atoms with Gasteiger partial charge >= 0.3 is 0 Å². The predicted molar refractivity (Wildman–Crippen MR) is 66.3 cm³/mol. The third-order valence-corrected chi connectivity index (χ3v) is 3.61. The van der Waals surface area contributed by atoms with Crippen molar-refractivity contribution in [3.05, 3.63) is 28.2 Å². The number of rotatable bonds is 2. The molecular formula is C12H15BrN2. The Labute approximate surface area is 98.6 Å². The molecule has 80 valence electrons. The number of hydrogen-bond acceptors (Lipinski definition) is 2. The zero-order valence-corrected chi connectivity index (χ0v) is 10.2. The van der Waals surface area contributed by atoms with Gasteiger partial charge in [-0.3, -0.25) is 0 Å². The number of halogens is 1. The predicted octanol–water partition coefficient (Wildman–Crippen LogP) is 2.54. The van der Waals surface area contributed by atoms with Crippen molar-refractivity contribution in [2.45, 2.75) is 31.3 Å². The Bertz CT molecular complexity index is 374. The summed E-state index contributed by atoms with van der Waals surface area (Å²) in [5.74, 6) is 0. The van der Waals surface area contributed by atoms with Crippen LogP contribution in [0, 0.1) is 0 Å². The largest absolute Gasteiger partial charge is 0.383 e. The van der Waals surface area contributed by atoms with Gasteiger partial charge in [-0.2, -0.15) is 0 Å². The molecule has 1 atom stereocenters. The van der Waals surface area contributed by atoms with E-state index < -0.39 is 0 Å². The Morgan fingerprint density at radius 3 is 2.93 bits per heavy atom. The summed E-state index contributed by atoms with van der Waals surface area (Å²) in [6, 6.07) is 7.89. The van der Waals surface area contributed by atoms with Gasteiger partial charge in [-0.1, -0.05) is 15.9 Å². The molecule has 1 aromatic carbocycles. The van der Waals surface area contributed by atoms with Crippen LogP contribution in [0.25, 0.3) is 0 Å². The van der Waals surface area contributed by atoms with Crippen molar-refractivity contribution < 1.29 is 0 Å². The molecule has 1 aromatic rings. The fraction of sp³-hybridized carbons (Fsp3) is 0.500. The molecule has 0 saturated heterocycles. The van der Waals surface area contributed by atoms with Gasteiger partial charge in [-0.25, -0.2) is 0 Å². The Hall–Kier alpha value is -0.540. The summed E-state index contributed by atoms with van der Waals surface area (Å²) in [4.78, 5) is 0. The fourth-order valence-electron chi connectivity index (χ4n) is 2.18. The summed E-state index contributed by atoms with van der Waals surface area (Å²) in [6.45, 7) is 1.06. The van der Waals surface area contributed by atoms with E-state index in [1.807, 2.05) is 0 Å². The van der Waals surface area contributed by atoms with E-state index in [0.29, 0.717) is 6.04 Å². The van der Waals surface area contributed by atoms with Crippen molar-refractivity contribution in [3.63, 3.8) is 0 Å². The summed E-state index contributed by atoms with van der Waals surface area (Å²) < 4.78 is 1.18. The molecule has 0 spiro atoms. The van der Waals surface area contributed by atoms with Gasteiger partial charge in [0.05, 0.1) is 0 Å². The Morgan fingerprint density at radius 1 is 1.27 bits per heavy atom. The minimum atomic E-state index is 0.610. The van der Waals surface area contributed by atoms with Crippen LogP contribution >= 0.6 is 15.9 Å². The van der Waals surface area contributed by atoms with Crippen LogP contribution in [0.4, 0.5) is 5.69 Å². The fourth-order valence-corrected chi connectivity index (χ4v) is 2.58. The minimum Gasteiger partial charge on any atom is -0.383 e. The highest BCUT2D eigenvalue weighted by molar-refractivity contribution is 9.10. The maximum absolute atomic E-state index is 3.68. The molecule has 1 saturated carbocycles. The van der Waals surface area contributed by atoms with Crippen LogP contribution in [-0.4, -0.2) is 18.6 Å². The quantitative estimate of drug-likeness (QED) is 0.860. The summed E-state index contributed by atoms with van der Waals surface area (Å²) in [7, 11) is 0. The van der Waals surface area contributed by atoms with E-state index in [9.17, 15) is 0 Å². The molecule has 0 amide bonds. The van der Waals surface area contributed by atoms with Crippen molar-refractivity contribution in [1.29, 1.82) is 0 Å². The van der Waals surface area contributed by atoms with Crippen LogP contribution < -0.4 is 10.6 Å². The van der Waals surface area contributed by atoms with Gasteiger partial charge in [-0.15, -0.1) is 0 Å². The average Bonchev–Trinajstić information content (AvgIpc) is 3.01. The number of anilines is 1. The van der Waals surface area contributed by atoms with Gasteiger partial charge in [0.15, 0.2) is 0 Å². The van der Waals surface area contributed by atoms with Crippen molar-refractivity contribution in [2.75, 3.05) is 11.9 Å². The maximum Gasteiger partial charge on any atom is 0.0374 e. The standard InChI is InChI=1S/C12H15BrN2/c13-9-1-4-12-8(5-9)6-11(7-14-12)15-10-2-3-10/h1,4-5,10-11,14-15H,2-3,6-7H2. The Morgan fingerprint density at radius 2 is 2.13 bits per heavy atom. The zero-order chi connectivity index (χ0) is 10.3. The van der Waals surface area contributed by atoms with Crippen molar-refractivity contribution in [3.8, 4) is 0 Å². The maximum atomic E-state index is 3.68. The van der Waals surface area contributed by atoms with Gasteiger partial charge in [0, 0.05) is 28.8 Å². The van der Waals surface area contributed by atoms with Crippen LogP contribution in [0.3, 0.4) is 0 Å². The lowest BCUT2D eigenvalue weighted by atomic mass is 10.00. The van der Waals surface area contributed by atoms with Crippen molar-refractivity contribution in [2.24, 2.45) is 0 Å². The molecule has 3 heteroatoms. The van der Waals surface area contributed by atoms with Gasteiger partial charge in [0.25, 0.3) is 0 Å². The summed E-state index contributed by atoms with van der Waals surface area (Å²) in [6.07, 6.45) is 3.88. The van der Waals surface area contributed by atoms with E-state index in [1.54, 1.807) is 0 Å². The first-order valence-corrected chi connectivity index (χ1v) is 6.39. The number of nitrogens with one attached hydrogen (secondary N) is 2. The SMILES string of the molecule is Brc1ccc2c(c1)CC(NC1CC1)CN2. The van der Waals surface area contributed by atoms with Crippen molar-refractivity contribution >= 4 is 21.6 Å². The molecule has 1 aliphatic carbocycles. The lowest BCUT2D eigenvalue weighted by Gasteiger charge is -2.27. The molecule has 15 heavy (non-hydrogen) atoms. The second-order valence-corrected chi connectivity index (χ2v) is 5.44. The average molecular weight is 267 g/mol. The van der Waals surface area contributed by atoms with E-state index in [2.05, 4.69) is 44.8 Å². The van der Waals surface area contributed by atoms with E-state index in [-0.39, 0.29) is 0 Å². The molecule has 1 aliphatic heterocycles. The smallest absolute Gasteiger partial charge is 0.0374 e. The minimum absolute atomic E-state index is 0.610. The van der Waals surface area contributed by atoms with Crippen LogP contribution in [0.2, 0.25) is 0 Å². The molecule has 1 unspecified atom stereocenters. The summed E-state index contributed by atoms with van der Waals surface area (Å²) >= 11 is 3.53. The lowest BCUT2D eigenvalue weighted by Crippen LogP contribution is -2.41. The topological polar surface area (TPSA) is 24.1 Å². The molecule has 2 aliphatic rings. The molecule has 1 heterocycles. The van der Waals surface area contributed by atoms with Crippen LogP contribution in [0.1, 0.15) is 18.4 Å². The third-order valence-electron chi connectivity index (χ3n) is 3.12. The first-order chi connectivity index (χ1) is 7.31. The molecule has 2 nitrogen and oxygen atoms in total. The zero-order valence-electron chi connectivity index (χ0n) is 8.59. The second-order valence-electron chi connectivity index (χ2n) is 4.52. The number of fused-ring (bicyclic) bond motifs is 1. The van der Waals surface area contributed by atoms with E-state index in [4.69, 9.17) is 0 Å². The van der Waals surface area contributed by atoms with Gasteiger partial charge in [0.2, 0.25) is 0 Å². The molecule has 2 N–H and O–H groups in total.